The molecule has 0 bridgehead atoms. The Morgan fingerprint density at radius 1 is 1.22 bits per heavy atom. The van der Waals surface area contributed by atoms with Crippen molar-refractivity contribution < 1.29 is 0 Å². The number of allylic oxidation sites excluding steroid dienone is 4. The van der Waals surface area contributed by atoms with Crippen LogP contribution in [-0.4, -0.2) is 49.2 Å². The smallest absolute Gasteiger partial charge is 0.332 e. The standard InChI is InChI=1S/C22H26N8O2/c1-3-4-10-29-18-19(26-21(29)28-9-5-6-15(23)13-28)27(2)22(32)30(20(18)31)12-14-7-8-16(24)17(25)11-14/h7-8,11,15,24-25H,5-6,9-10,12-13,23H2,1-2H3/t15-/m1/s1. The van der Waals surface area contributed by atoms with Gasteiger partial charge in [0.2, 0.25) is 5.95 Å². The fourth-order valence-corrected chi connectivity index (χ4v) is 4.11. The molecule has 1 atom stereocenters. The summed E-state index contributed by atoms with van der Waals surface area (Å²) in [5.41, 5.74) is 6.58. The van der Waals surface area contributed by atoms with Gasteiger partial charge >= 0.3 is 5.69 Å². The Morgan fingerprint density at radius 3 is 2.69 bits per heavy atom. The van der Waals surface area contributed by atoms with Crippen LogP contribution >= 0.6 is 0 Å². The fraction of sp³-hybridized carbons (Fsp3) is 0.409. The zero-order chi connectivity index (χ0) is 23.0. The van der Waals surface area contributed by atoms with Gasteiger partial charge in [0.1, 0.15) is 0 Å². The number of piperidine rings is 1. The number of hydrogen-bond donors (Lipinski definition) is 3. The molecule has 1 saturated heterocycles. The predicted octanol–water partition coefficient (Wildman–Crippen LogP) is 0.383. The fourth-order valence-electron chi connectivity index (χ4n) is 4.11. The van der Waals surface area contributed by atoms with Crippen molar-refractivity contribution in [2.24, 2.45) is 12.8 Å². The third-order valence-corrected chi connectivity index (χ3v) is 5.79. The average Bonchev–Trinajstić information content (AvgIpc) is 3.16. The number of aromatic nitrogens is 4. The van der Waals surface area contributed by atoms with E-state index in [1.165, 1.54) is 16.7 Å². The molecule has 1 fully saturated rings. The number of nitrogens with two attached hydrogens (primary N) is 1. The van der Waals surface area contributed by atoms with E-state index in [4.69, 9.17) is 16.6 Å². The average molecular weight is 435 g/mol. The second-order valence-electron chi connectivity index (χ2n) is 8.06. The van der Waals surface area contributed by atoms with Crippen LogP contribution in [0.5, 0.6) is 0 Å². The van der Waals surface area contributed by atoms with Crippen molar-refractivity contribution in [3.8, 4) is 11.8 Å². The van der Waals surface area contributed by atoms with Gasteiger partial charge in [-0.25, -0.2) is 4.79 Å². The number of fused-ring (bicyclic) bond motifs is 1. The molecule has 0 saturated carbocycles. The minimum atomic E-state index is -0.489. The zero-order valence-electron chi connectivity index (χ0n) is 18.2. The molecule has 0 amide bonds. The molecule has 32 heavy (non-hydrogen) atoms. The molecule has 3 heterocycles. The third-order valence-electron chi connectivity index (χ3n) is 5.79. The summed E-state index contributed by atoms with van der Waals surface area (Å²) in [5.74, 6) is 6.47. The van der Waals surface area contributed by atoms with Crippen molar-refractivity contribution >= 4 is 28.5 Å². The quantitative estimate of drug-likeness (QED) is 0.472. The van der Waals surface area contributed by atoms with E-state index in [1.807, 2.05) is 0 Å². The first-order valence-electron chi connectivity index (χ1n) is 10.5. The third kappa shape index (κ3) is 3.71. The van der Waals surface area contributed by atoms with Crippen LogP contribution in [0.25, 0.3) is 11.2 Å². The van der Waals surface area contributed by atoms with Crippen LogP contribution in [0, 0.1) is 22.7 Å². The summed E-state index contributed by atoms with van der Waals surface area (Å²) in [6.45, 7) is 3.40. The molecule has 4 rings (SSSR count). The topological polar surface area (TPSA) is 139 Å². The van der Waals surface area contributed by atoms with Crippen molar-refractivity contribution in [2.45, 2.75) is 38.9 Å². The maximum Gasteiger partial charge on any atom is 0.332 e. The SMILES string of the molecule is CC#CCn1c(N2CCC[C@@H](N)C2)nc2c1c(=O)n(CC1=CC(=N)C(=N)C=C1)c(=O)n2C. The van der Waals surface area contributed by atoms with E-state index in [-0.39, 0.29) is 30.6 Å². The number of aryl methyl sites for hydroxylation is 1. The number of hydrogen-bond acceptors (Lipinski definition) is 7. The van der Waals surface area contributed by atoms with Gasteiger partial charge in [-0.05, 0) is 37.5 Å². The molecule has 2 aromatic rings. The van der Waals surface area contributed by atoms with Gasteiger partial charge in [0.25, 0.3) is 5.56 Å². The monoisotopic (exact) mass is 434 g/mol. The Hall–Kier alpha value is -3.71. The summed E-state index contributed by atoms with van der Waals surface area (Å²) in [6.07, 6.45) is 6.50. The lowest BCUT2D eigenvalue weighted by Crippen LogP contribution is -2.44. The maximum atomic E-state index is 13.5. The number of nitrogens with one attached hydrogen (secondary N) is 2. The van der Waals surface area contributed by atoms with E-state index in [1.54, 1.807) is 24.6 Å². The summed E-state index contributed by atoms with van der Waals surface area (Å²) < 4.78 is 4.29. The van der Waals surface area contributed by atoms with Crippen molar-refractivity contribution in [1.82, 2.24) is 18.7 Å². The van der Waals surface area contributed by atoms with Gasteiger partial charge in [-0.15, -0.1) is 5.92 Å². The Bertz CT molecular complexity index is 1360. The maximum absolute atomic E-state index is 13.5. The zero-order valence-corrected chi connectivity index (χ0v) is 18.2. The van der Waals surface area contributed by atoms with Gasteiger partial charge in [0, 0.05) is 26.2 Å². The van der Waals surface area contributed by atoms with Gasteiger partial charge in [-0.2, -0.15) is 4.98 Å². The van der Waals surface area contributed by atoms with Crippen LogP contribution in [0.1, 0.15) is 19.8 Å². The molecular formula is C22H26N8O2. The summed E-state index contributed by atoms with van der Waals surface area (Å²) >= 11 is 0. The van der Waals surface area contributed by atoms with Crippen molar-refractivity contribution in [3.05, 3.63) is 44.6 Å². The lowest BCUT2D eigenvalue weighted by Gasteiger charge is -2.31. The van der Waals surface area contributed by atoms with Crippen LogP contribution < -0.4 is 21.9 Å². The molecule has 10 heteroatoms. The highest BCUT2D eigenvalue weighted by molar-refractivity contribution is 6.49. The minimum Gasteiger partial charge on any atom is -0.341 e. The number of anilines is 1. The Balaban J connectivity index is 1.90. The predicted molar refractivity (Wildman–Crippen MR) is 125 cm³/mol. The second-order valence-corrected chi connectivity index (χ2v) is 8.06. The van der Waals surface area contributed by atoms with Crippen molar-refractivity contribution in [2.75, 3.05) is 18.0 Å². The van der Waals surface area contributed by atoms with Gasteiger partial charge in [0.05, 0.1) is 24.5 Å². The molecule has 4 N–H and O–H groups in total. The lowest BCUT2D eigenvalue weighted by atomic mass is 10.0. The van der Waals surface area contributed by atoms with Gasteiger partial charge in [-0.3, -0.25) is 29.3 Å². The van der Waals surface area contributed by atoms with Crippen molar-refractivity contribution in [1.29, 1.82) is 10.8 Å². The normalized spacial score (nSPS) is 18.7. The molecule has 2 aliphatic rings. The molecule has 1 aliphatic carbocycles. The molecule has 0 unspecified atom stereocenters. The first-order valence-corrected chi connectivity index (χ1v) is 10.5. The van der Waals surface area contributed by atoms with E-state index >= 15 is 0 Å². The van der Waals surface area contributed by atoms with E-state index in [9.17, 15) is 9.59 Å². The Morgan fingerprint density at radius 2 is 2.00 bits per heavy atom. The molecule has 10 nitrogen and oxygen atoms in total. The van der Waals surface area contributed by atoms with Crippen LogP contribution in [-0.2, 0) is 20.1 Å². The van der Waals surface area contributed by atoms with Crippen molar-refractivity contribution in [3.63, 3.8) is 0 Å². The summed E-state index contributed by atoms with van der Waals surface area (Å²) in [4.78, 5) is 33.3. The number of nitrogens with zero attached hydrogens (tertiary/aromatic N) is 5. The van der Waals surface area contributed by atoms with Crippen LogP contribution in [0.2, 0.25) is 0 Å². The number of imidazole rings is 1. The molecule has 0 aromatic carbocycles. The molecule has 0 radical (unpaired) electrons. The van der Waals surface area contributed by atoms with Crippen LogP contribution in [0.3, 0.4) is 0 Å². The highest BCUT2D eigenvalue weighted by atomic mass is 16.2. The van der Waals surface area contributed by atoms with Gasteiger partial charge in [0.15, 0.2) is 11.2 Å². The largest absolute Gasteiger partial charge is 0.341 e. The van der Waals surface area contributed by atoms with E-state index in [0.29, 0.717) is 29.2 Å². The Labute approximate surface area is 184 Å². The van der Waals surface area contributed by atoms with Gasteiger partial charge < -0.3 is 10.6 Å². The summed E-state index contributed by atoms with van der Waals surface area (Å²) in [6, 6.07) is 0.0221. The summed E-state index contributed by atoms with van der Waals surface area (Å²) in [5, 5.41) is 15.5. The highest BCUT2D eigenvalue weighted by Crippen LogP contribution is 2.23. The molecule has 0 spiro atoms. The van der Waals surface area contributed by atoms with Crippen LogP contribution in [0.4, 0.5) is 5.95 Å². The van der Waals surface area contributed by atoms with Crippen LogP contribution in [0.15, 0.2) is 33.4 Å². The van der Waals surface area contributed by atoms with E-state index in [2.05, 4.69) is 21.7 Å². The second kappa shape index (κ2) is 8.43. The van der Waals surface area contributed by atoms with E-state index in [0.717, 1.165) is 24.0 Å². The highest BCUT2D eigenvalue weighted by Gasteiger charge is 2.26. The van der Waals surface area contributed by atoms with E-state index < -0.39 is 11.2 Å². The first kappa shape index (κ1) is 21.5. The van der Waals surface area contributed by atoms with Gasteiger partial charge in [-0.1, -0.05) is 12.0 Å². The lowest BCUT2D eigenvalue weighted by molar-refractivity contribution is 0.496. The minimum absolute atomic E-state index is 0.00215. The Kier molecular flexibility index (Phi) is 5.67. The first-order chi connectivity index (χ1) is 15.3. The molecule has 1 aliphatic heterocycles. The molecule has 2 aromatic heterocycles. The summed E-state index contributed by atoms with van der Waals surface area (Å²) in [7, 11) is 1.60. The number of rotatable bonds is 4. The molecular weight excluding hydrogens is 408 g/mol. The molecule has 166 valence electrons.